The van der Waals surface area contributed by atoms with Crippen molar-refractivity contribution in [3.8, 4) is 0 Å². The minimum atomic E-state index is -0.269. The number of aryl methyl sites for hydroxylation is 1. The first kappa shape index (κ1) is 10.6. The highest BCUT2D eigenvalue weighted by Gasteiger charge is 2.10. The van der Waals surface area contributed by atoms with Gasteiger partial charge in [0, 0.05) is 5.69 Å². The van der Waals surface area contributed by atoms with Gasteiger partial charge in [0.2, 0.25) is 5.13 Å². The molecule has 0 aliphatic rings. The fourth-order valence-electron chi connectivity index (χ4n) is 1.28. The summed E-state index contributed by atoms with van der Waals surface area (Å²) in [5.74, 6) is -0.269. The van der Waals surface area contributed by atoms with Gasteiger partial charge in [0.05, 0.1) is 5.56 Å². The Kier molecular flexibility index (Phi) is 2.82. The zero-order valence-corrected chi connectivity index (χ0v) is 9.41. The van der Waals surface area contributed by atoms with Gasteiger partial charge in [-0.15, -0.1) is 10.2 Å². The lowest BCUT2D eigenvalue weighted by molar-refractivity contribution is 0.102. The number of carbonyl (C=O) groups excluding carboxylic acids is 1. The summed E-state index contributed by atoms with van der Waals surface area (Å²) >= 11 is 1.26. The van der Waals surface area contributed by atoms with Gasteiger partial charge in [0.1, 0.15) is 5.51 Å². The van der Waals surface area contributed by atoms with Crippen LogP contribution in [0.2, 0.25) is 0 Å². The van der Waals surface area contributed by atoms with Gasteiger partial charge < -0.3 is 5.73 Å². The average Bonchev–Trinajstić information content (AvgIpc) is 2.70. The number of hydrogen-bond acceptors (Lipinski definition) is 5. The minimum absolute atomic E-state index is 0.269. The lowest BCUT2D eigenvalue weighted by Gasteiger charge is -2.05. The Balaban J connectivity index is 2.21. The van der Waals surface area contributed by atoms with Crippen molar-refractivity contribution in [2.45, 2.75) is 6.92 Å². The summed E-state index contributed by atoms with van der Waals surface area (Å²) in [4.78, 5) is 11.8. The normalized spacial score (nSPS) is 10.1. The third kappa shape index (κ3) is 2.17. The number of carbonyl (C=O) groups is 1. The maximum atomic E-state index is 11.8. The maximum Gasteiger partial charge on any atom is 0.259 e. The largest absolute Gasteiger partial charge is 0.398 e. The van der Waals surface area contributed by atoms with Crippen LogP contribution in [-0.2, 0) is 0 Å². The molecule has 0 spiro atoms. The number of anilines is 2. The summed E-state index contributed by atoms with van der Waals surface area (Å²) in [7, 11) is 0. The third-order valence-electron chi connectivity index (χ3n) is 2.03. The van der Waals surface area contributed by atoms with E-state index in [2.05, 4.69) is 15.5 Å². The van der Waals surface area contributed by atoms with E-state index in [0.717, 1.165) is 5.56 Å². The van der Waals surface area contributed by atoms with E-state index in [9.17, 15) is 4.79 Å². The van der Waals surface area contributed by atoms with Crippen LogP contribution in [0.5, 0.6) is 0 Å². The molecule has 1 aromatic carbocycles. The number of amides is 1. The summed E-state index contributed by atoms with van der Waals surface area (Å²) < 4.78 is 0. The monoisotopic (exact) mass is 234 g/mol. The summed E-state index contributed by atoms with van der Waals surface area (Å²) in [5, 5.41) is 10.4. The highest BCUT2D eigenvalue weighted by molar-refractivity contribution is 7.13. The Labute approximate surface area is 96.3 Å². The van der Waals surface area contributed by atoms with E-state index in [1.807, 2.05) is 13.0 Å². The van der Waals surface area contributed by atoms with E-state index < -0.39 is 0 Å². The molecule has 5 nitrogen and oxygen atoms in total. The SMILES string of the molecule is Cc1ccc(C(=O)Nc2nncs2)c(N)c1. The molecule has 0 fully saturated rings. The second-order valence-electron chi connectivity index (χ2n) is 3.29. The summed E-state index contributed by atoms with van der Waals surface area (Å²) in [6, 6.07) is 5.29. The average molecular weight is 234 g/mol. The number of nitrogens with one attached hydrogen (secondary N) is 1. The van der Waals surface area contributed by atoms with Crippen molar-refractivity contribution in [1.82, 2.24) is 10.2 Å². The number of nitrogens with zero attached hydrogens (tertiary/aromatic N) is 2. The Hall–Kier alpha value is -1.95. The molecule has 0 unspecified atom stereocenters. The molecule has 0 aliphatic heterocycles. The van der Waals surface area contributed by atoms with Crippen LogP contribution >= 0.6 is 11.3 Å². The van der Waals surface area contributed by atoms with Gasteiger partial charge in [-0.2, -0.15) is 0 Å². The molecule has 6 heteroatoms. The molecule has 0 bridgehead atoms. The second kappa shape index (κ2) is 4.28. The number of benzene rings is 1. The maximum absolute atomic E-state index is 11.8. The second-order valence-corrected chi connectivity index (χ2v) is 4.12. The molecular formula is C10H10N4OS. The van der Waals surface area contributed by atoms with Crippen LogP contribution < -0.4 is 11.1 Å². The van der Waals surface area contributed by atoms with E-state index in [-0.39, 0.29) is 5.91 Å². The molecule has 0 aliphatic carbocycles. The van der Waals surface area contributed by atoms with Gasteiger partial charge in [0.15, 0.2) is 0 Å². The topological polar surface area (TPSA) is 80.9 Å². The molecule has 1 aromatic heterocycles. The van der Waals surface area contributed by atoms with E-state index in [4.69, 9.17) is 5.73 Å². The van der Waals surface area contributed by atoms with Crippen LogP contribution in [0.15, 0.2) is 23.7 Å². The fraction of sp³-hybridized carbons (Fsp3) is 0.100. The highest BCUT2D eigenvalue weighted by Crippen LogP contribution is 2.16. The molecule has 2 aromatic rings. The van der Waals surface area contributed by atoms with Gasteiger partial charge >= 0.3 is 0 Å². The third-order valence-corrected chi connectivity index (χ3v) is 2.64. The zero-order valence-electron chi connectivity index (χ0n) is 8.60. The Morgan fingerprint density at radius 3 is 2.94 bits per heavy atom. The van der Waals surface area contributed by atoms with Crippen LogP contribution in [0.4, 0.5) is 10.8 Å². The van der Waals surface area contributed by atoms with Crippen LogP contribution in [-0.4, -0.2) is 16.1 Å². The molecule has 82 valence electrons. The number of rotatable bonds is 2. The highest BCUT2D eigenvalue weighted by atomic mass is 32.1. The lowest BCUT2D eigenvalue weighted by Crippen LogP contribution is -2.13. The van der Waals surface area contributed by atoms with Crippen molar-refractivity contribution >= 4 is 28.1 Å². The van der Waals surface area contributed by atoms with Crippen molar-refractivity contribution < 1.29 is 4.79 Å². The molecule has 16 heavy (non-hydrogen) atoms. The van der Waals surface area contributed by atoms with E-state index in [1.54, 1.807) is 17.6 Å². The Morgan fingerprint density at radius 2 is 2.31 bits per heavy atom. The van der Waals surface area contributed by atoms with Gasteiger partial charge in [-0.05, 0) is 24.6 Å². The molecule has 0 atom stereocenters. The number of hydrogen-bond donors (Lipinski definition) is 2. The van der Waals surface area contributed by atoms with Gasteiger partial charge in [-0.25, -0.2) is 0 Å². The first-order chi connectivity index (χ1) is 7.66. The van der Waals surface area contributed by atoms with E-state index >= 15 is 0 Å². The van der Waals surface area contributed by atoms with Crippen LogP contribution in [0, 0.1) is 6.92 Å². The van der Waals surface area contributed by atoms with Crippen molar-refractivity contribution in [2.24, 2.45) is 0 Å². The molecule has 3 N–H and O–H groups in total. The quantitative estimate of drug-likeness (QED) is 0.775. The Morgan fingerprint density at radius 1 is 1.50 bits per heavy atom. The standard InChI is InChI=1S/C10H10N4OS/c1-6-2-3-7(8(11)4-6)9(15)13-10-14-12-5-16-10/h2-5H,11H2,1H3,(H,13,14,15). The van der Waals surface area contributed by atoms with Crippen LogP contribution in [0.25, 0.3) is 0 Å². The van der Waals surface area contributed by atoms with Gasteiger partial charge in [-0.3, -0.25) is 10.1 Å². The molecule has 0 saturated heterocycles. The minimum Gasteiger partial charge on any atom is -0.398 e. The molecule has 1 amide bonds. The molecule has 2 rings (SSSR count). The van der Waals surface area contributed by atoms with Gasteiger partial charge in [0.25, 0.3) is 5.91 Å². The summed E-state index contributed by atoms with van der Waals surface area (Å²) in [6.45, 7) is 1.92. The fourth-order valence-corrected chi connectivity index (χ4v) is 1.72. The van der Waals surface area contributed by atoms with Crippen molar-refractivity contribution in [3.05, 3.63) is 34.8 Å². The number of nitrogen functional groups attached to an aromatic ring is 1. The molecular weight excluding hydrogens is 224 g/mol. The van der Waals surface area contributed by atoms with Crippen molar-refractivity contribution in [3.63, 3.8) is 0 Å². The van der Waals surface area contributed by atoms with E-state index in [0.29, 0.717) is 16.4 Å². The van der Waals surface area contributed by atoms with Crippen LogP contribution in [0.1, 0.15) is 15.9 Å². The lowest BCUT2D eigenvalue weighted by atomic mass is 10.1. The summed E-state index contributed by atoms with van der Waals surface area (Å²) in [6.07, 6.45) is 0. The van der Waals surface area contributed by atoms with Crippen molar-refractivity contribution in [1.29, 1.82) is 0 Å². The molecule has 1 heterocycles. The smallest absolute Gasteiger partial charge is 0.259 e. The molecule has 0 saturated carbocycles. The first-order valence-electron chi connectivity index (χ1n) is 4.60. The predicted molar refractivity (Wildman–Crippen MR) is 63.5 cm³/mol. The first-order valence-corrected chi connectivity index (χ1v) is 5.48. The van der Waals surface area contributed by atoms with Crippen LogP contribution in [0.3, 0.4) is 0 Å². The predicted octanol–water partition coefficient (Wildman–Crippen LogP) is 1.68. The number of nitrogens with two attached hydrogens (primary N) is 1. The Bertz CT molecular complexity index is 510. The van der Waals surface area contributed by atoms with Crippen molar-refractivity contribution in [2.75, 3.05) is 11.1 Å². The zero-order chi connectivity index (χ0) is 11.5. The van der Waals surface area contributed by atoms with Gasteiger partial charge in [-0.1, -0.05) is 17.4 Å². The number of aromatic nitrogens is 2. The summed E-state index contributed by atoms with van der Waals surface area (Å²) in [5.41, 5.74) is 9.23. The van der Waals surface area contributed by atoms with E-state index in [1.165, 1.54) is 11.3 Å². The molecule has 0 radical (unpaired) electrons.